The zero-order chi connectivity index (χ0) is 19.7. The third-order valence-corrected chi connectivity index (χ3v) is 4.52. The highest BCUT2D eigenvalue weighted by atomic mass is 16.5. The molecule has 28 heavy (non-hydrogen) atoms. The van der Waals surface area contributed by atoms with Crippen molar-refractivity contribution in [3.05, 3.63) is 71.8 Å². The molecule has 0 aromatic heterocycles. The highest BCUT2D eigenvalue weighted by molar-refractivity contribution is 6.02. The third-order valence-electron chi connectivity index (χ3n) is 4.52. The molecule has 0 saturated heterocycles. The molecule has 0 fully saturated rings. The molecule has 0 amide bonds. The van der Waals surface area contributed by atoms with E-state index in [1.54, 1.807) is 61.7 Å². The molecule has 6 nitrogen and oxygen atoms in total. The number of carbonyl (C=O) groups excluding carboxylic acids is 1. The van der Waals surface area contributed by atoms with Crippen LogP contribution in [0.1, 0.15) is 28.4 Å². The maximum atomic E-state index is 12.6. The number of Topliss-reactive ketones (excluding diaryl/α,β-unsaturated/α-hetero) is 1. The van der Waals surface area contributed by atoms with E-state index in [9.17, 15) is 15.0 Å². The van der Waals surface area contributed by atoms with E-state index in [-0.39, 0.29) is 35.0 Å². The summed E-state index contributed by atoms with van der Waals surface area (Å²) in [6.45, 7) is 0. The van der Waals surface area contributed by atoms with Gasteiger partial charge >= 0.3 is 0 Å². The lowest BCUT2D eigenvalue weighted by Crippen LogP contribution is -2.20. The molecule has 0 radical (unpaired) electrons. The van der Waals surface area contributed by atoms with Crippen molar-refractivity contribution in [3.63, 3.8) is 0 Å². The number of fused-ring (bicyclic) bond motifs is 1. The fraction of sp³-hybridized carbons (Fsp3) is 0.136. The molecule has 0 spiro atoms. The van der Waals surface area contributed by atoms with Crippen LogP contribution >= 0.6 is 0 Å². The summed E-state index contributed by atoms with van der Waals surface area (Å²) in [5.41, 5.74) is 0.906. The third kappa shape index (κ3) is 3.44. The van der Waals surface area contributed by atoms with Crippen LogP contribution in [-0.4, -0.2) is 23.1 Å². The average molecular weight is 378 g/mol. The first-order valence-corrected chi connectivity index (χ1v) is 8.71. The Balaban J connectivity index is 1.65. The predicted molar refractivity (Wildman–Crippen MR) is 102 cm³/mol. The fourth-order valence-electron chi connectivity index (χ4n) is 3.15. The van der Waals surface area contributed by atoms with E-state index in [1.165, 1.54) is 6.07 Å². The van der Waals surface area contributed by atoms with Crippen LogP contribution in [0.3, 0.4) is 0 Å². The fourth-order valence-corrected chi connectivity index (χ4v) is 3.15. The van der Waals surface area contributed by atoms with E-state index in [1.807, 2.05) is 0 Å². The molecule has 1 unspecified atom stereocenters. The molecule has 0 aliphatic carbocycles. The lowest BCUT2D eigenvalue weighted by molar-refractivity contribution is 0.0845. The Kier molecular flexibility index (Phi) is 4.53. The molecule has 1 aliphatic rings. The van der Waals surface area contributed by atoms with Gasteiger partial charge in [0.15, 0.2) is 5.78 Å². The van der Waals surface area contributed by atoms with Gasteiger partial charge in [0, 0.05) is 18.2 Å². The number of hydrogen-bond acceptors (Lipinski definition) is 6. The molecule has 2 N–H and O–H groups in total. The second-order valence-electron chi connectivity index (χ2n) is 6.42. The summed E-state index contributed by atoms with van der Waals surface area (Å²) in [5.74, 6) is 1.48. The number of methoxy groups -OCH3 is 1. The maximum Gasteiger partial charge on any atom is 0.174 e. The van der Waals surface area contributed by atoms with Crippen LogP contribution in [0, 0.1) is 0 Å². The normalized spacial score (nSPS) is 15.5. The lowest BCUT2D eigenvalue weighted by Gasteiger charge is -2.26. The number of hydrogen-bond donors (Lipinski definition) is 2. The van der Waals surface area contributed by atoms with Crippen molar-refractivity contribution in [2.75, 3.05) is 7.11 Å². The summed E-state index contributed by atoms with van der Waals surface area (Å²) in [6.07, 6.45) is -0.409. The molecule has 4 rings (SSSR count). The quantitative estimate of drug-likeness (QED) is 0.690. The van der Waals surface area contributed by atoms with Crippen LogP contribution in [0.15, 0.2) is 60.7 Å². The zero-order valence-corrected chi connectivity index (χ0v) is 15.1. The minimum atomic E-state index is -0.507. The molecule has 6 heteroatoms. The zero-order valence-electron chi connectivity index (χ0n) is 15.1. The van der Waals surface area contributed by atoms with Gasteiger partial charge in [0.2, 0.25) is 0 Å². The molecule has 0 bridgehead atoms. The minimum absolute atomic E-state index is 0.0986. The minimum Gasteiger partial charge on any atom is -0.508 e. The summed E-state index contributed by atoms with van der Waals surface area (Å²) in [7, 11) is 1.56. The number of ether oxygens (including phenoxy) is 3. The Morgan fingerprint density at radius 1 is 0.964 bits per heavy atom. The summed E-state index contributed by atoms with van der Waals surface area (Å²) in [4.78, 5) is 12.6. The smallest absolute Gasteiger partial charge is 0.174 e. The van der Waals surface area contributed by atoms with Gasteiger partial charge in [-0.3, -0.25) is 4.79 Å². The van der Waals surface area contributed by atoms with Crippen molar-refractivity contribution in [1.82, 2.24) is 0 Å². The summed E-state index contributed by atoms with van der Waals surface area (Å²) in [6, 6.07) is 16.5. The van der Waals surface area contributed by atoms with Crippen LogP contribution in [0.25, 0.3) is 0 Å². The lowest BCUT2D eigenvalue weighted by atomic mass is 9.95. The highest BCUT2D eigenvalue weighted by Gasteiger charge is 2.31. The first kappa shape index (κ1) is 17.7. The Labute approximate surface area is 161 Å². The number of rotatable bonds is 4. The van der Waals surface area contributed by atoms with Crippen LogP contribution in [0.2, 0.25) is 0 Å². The number of ketones is 1. The number of carbonyl (C=O) groups is 1. The number of benzene rings is 3. The topological polar surface area (TPSA) is 85.2 Å². The monoisotopic (exact) mass is 378 g/mol. The van der Waals surface area contributed by atoms with Crippen molar-refractivity contribution in [1.29, 1.82) is 0 Å². The summed E-state index contributed by atoms with van der Waals surface area (Å²) in [5, 5.41) is 19.8. The maximum absolute atomic E-state index is 12.6. The molecule has 1 atom stereocenters. The summed E-state index contributed by atoms with van der Waals surface area (Å²) < 4.78 is 16.9. The van der Waals surface area contributed by atoms with E-state index >= 15 is 0 Å². The molecule has 3 aromatic rings. The van der Waals surface area contributed by atoms with Crippen LogP contribution < -0.4 is 14.2 Å². The Bertz CT molecular complexity index is 1030. The standard InChI is InChI=1S/C22H18O6/c1-26-15-3-2-4-16(9-15)27-17-10-18(24)22-19(25)12-20(28-21(22)11-17)13-5-7-14(23)8-6-13/h2-11,20,23-24H,12H2,1H3. The first-order valence-electron chi connectivity index (χ1n) is 8.71. The van der Waals surface area contributed by atoms with Gasteiger partial charge in [-0.15, -0.1) is 0 Å². The predicted octanol–water partition coefficient (Wildman–Crippen LogP) is 4.61. The number of phenolic OH excluding ortho intramolecular Hbond substituents is 2. The van der Waals surface area contributed by atoms with Gasteiger partial charge < -0.3 is 24.4 Å². The molecular weight excluding hydrogens is 360 g/mol. The Morgan fingerprint density at radius 3 is 2.46 bits per heavy atom. The SMILES string of the molecule is COc1cccc(Oc2cc(O)c3c(c2)OC(c2ccc(O)cc2)CC3=O)c1. The summed E-state index contributed by atoms with van der Waals surface area (Å²) >= 11 is 0. The second-order valence-corrected chi connectivity index (χ2v) is 6.42. The van der Waals surface area contributed by atoms with Gasteiger partial charge in [-0.25, -0.2) is 0 Å². The molecule has 1 aliphatic heterocycles. The van der Waals surface area contributed by atoms with Crippen molar-refractivity contribution in [3.8, 4) is 34.5 Å². The average Bonchev–Trinajstić information content (AvgIpc) is 2.68. The van der Waals surface area contributed by atoms with E-state index in [2.05, 4.69) is 0 Å². The highest BCUT2D eigenvalue weighted by Crippen LogP contribution is 2.43. The second kappa shape index (κ2) is 7.15. The van der Waals surface area contributed by atoms with Gasteiger partial charge in [-0.05, 0) is 29.8 Å². The van der Waals surface area contributed by atoms with Crippen molar-refractivity contribution >= 4 is 5.78 Å². The van der Waals surface area contributed by atoms with Gasteiger partial charge in [0.05, 0.1) is 13.5 Å². The molecular formula is C22H18O6. The van der Waals surface area contributed by atoms with E-state index < -0.39 is 6.10 Å². The number of phenols is 2. The van der Waals surface area contributed by atoms with Crippen molar-refractivity contribution < 1.29 is 29.2 Å². The van der Waals surface area contributed by atoms with Crippen LogP contribution in [-0.2, 0) is 0 Å². The Hall–Kier alpha value is -3.67. The van der Waals surface area contributed by atoms with E-state index in [4.69, 9.17) is 14.2 Å². The van der Waals surface area contributed by atoms with Crippen molar-refractivity contribution in [2.24, 2.45) is 0 Å². The van der Waals surface area contributed by atoms with Gasteiger partial charge in [-0.2, -0.15) is 0 Å². The molecule has 0 saturated carbocycles. The van der Waals surface area contributed by atoms with Gasteiger partial charge in [0.25, 0.3) is 0 Å². The van der Waals surface area contributed by atoms with Crippen LogP contribution in [0.4, 0.5) is 0 Å². The number of aromatic hydroxyl groups is 2. The van der Waals surface area contributed by atoms with Crippen molar-refractivity contribution in [2.45, 2.75) is 12.5 Å². The largest absolute Gasteiger partial charge is 0.508 e. The molecule has 1 heterocycles. The van der Waals surface area contributed by atoms with Gasteiger partial charge in [-0.1, -0.05) is 18.2 Å². The van der Waals surface area contributed by atoms with E-state index in [0.29, 0.717) is 17.2 Å². The van der Waals surface area contributed by atoms with E-state index in [0.717, 1.165) is 5.56 Å². The first-order chi connectivity index (χ1) is 13.5. The van der Waals surface area contributed by atoms with Gasteiger partial charge in [0.1, 0.15) is 46.2 Å². The van der Waals surface area contributed by atoms with Crippen LogP contribution in [0.5, 0.6) is 34.5 Å². The Morgan fingerprint density at radius 2 is 1.71 bits per heavy atom. The molecule has 142 valence electrons. The molecule has 3 aromatic carbocycles.